The van der Waals surface area contributed by atoms with E-state index >= 15 is 0 Å². The number of hydrogen-bond acceptors (Lipinski definition) is 7. The zero-order valence-electron chi connectivity index (χ0n) is 30.6. The van der Waals surface area contributed by atoms with Crippen LogP contribution in [0.25, 0.3) is 0 Å². The monoisotopic (exact) mass is 711 g/mol. The lowest BCUT2D eigenvalue weighted by Gasteiger charge is -2.34. The van der Waals surface area contributed by atoms with E-state index in [9.17, 15) is 28.2 Å². The second-order valence-electron chi connectivity index (χ2n) is 15.5. The molecular weight excluding hydrogens is 651 g/mol. The molecule has 2 aliphatic carbocycles. The fraction of sp³-hybridized carbons (Fsp3) is 0.675. The van der Waals surface area contributed by atoms with E-state index in [0.29, 0.717) is 38.0 Å². The molecule has 1 heterocycles. The van der Waals surface area contributed by atoms with Crippen molar-refractivity contribution in [3.05, 3.63) is 66.0 Å². The Morgan fingerprint density at radius 1 is 0.940 bits per heavy atom. The highest BCUT2D eigenvalue weighted by Gasteiger charge is 2.45. The van der Waals surface area contributed by atoms with Gasteiger partial charge in [-0.05, 0) is 95.2 Å². The first kappa shape index (κ1) is 40.0. The van der Waals surface area contributed by atoms with E-state index in [2.05, 4.69) is 15.6 Å². The van der Waals surface area contributed by atoms with Gasteiger partial charge in [-0.1, -0.05) is 88.3 Å². The maximum Gasteiger partial charge on any atom is 0.242 e. The van der Waals surface area contributed by atoms with Gasteiger partial charge < -0.3 is 20.8 Å². The van der Waals surface area contributed by atoms with E-state index in [-0.39, 0.29) is 12.3 Å². The van der Waals surface area contributed by atoms with Crippen molar-refractivity contribution >= 4 is 21.7 Å². The van der Waals surface area contributed by atoms with Gasteiger partial charge in [-0.15, -0.1) is 0 Å². The smallest absolute Gasteiger partial charge is 0.242 e. The minimum atomic E-state index is -3.85. The van der Waals surface area contributed by atoms with Crippen molar-refractivity contribution in [1.82, 2.24) is 15.6 Å². The van der Waals surface area contributed by atoms with Gasteiger partial charge >= 0.3 is 0 Å². The molecule has 2 aliphatic rings. The van der Waals surface area contributed by atoms with Gasteiger partial charge in [0.2, 0.25) is 11.8 Å². The van der Waals surface area contributed by atoms with Crippen molar-refractivity contribution in [2.75, 3.05) is 0 Å². The Bertz CT molecular complexity index is 1440. The summed E-state index contributed by atoms with van der Waals surface area (Å²) >= 11 is 0. The summed E-state index contributed by atoms with van der Waals surface area (Å²) in [5.41, 5.74) is 1.64. The third-order valence-electron chi connectivity index (χ3n) is 11.2. The van der Waals surface area contributed by atoms with Crippen LogP contribution in [0.2, 0.25) is 0 Å². The molecule has 4 N–H and O–H groups in total. The van der Waals surface area contributed by atoms with Gasteiger partial charge in [0.25, 0.3) is 0 Å². The number of aliphatic hydroxyl groups is 2. The third-order valence-corrected chi connectivity index (χ3v) is 14.2. The molecule has 10 heteroatoms. The maximum absolute atomic E-state index is 14.3. The van der Waals surface area contributed by atoms with Gasteiger partial charge in [-0.2, -0.15) is 0 Å². The molecule has 4 rings (SSSR count). The number of pyridine rings is 1. The second-order valence-corrected chi connectivity index (χ2v) is 18.4. The van der Waals surface area contributed by atoms with Gasteiger partial charge in [0.15, 0.2) is 9.84 Å². The summed E-state index contributed by atoms with van der Waals surface area (Å²) < 4.78 is 27.5. The molecular formula is C40H61N3O6S. The SMILES string of the molecule is CCCC[C@H](NC(=O)C(Cc1ccccc1)[C@H](C)S(=O)(=O)C(C)(C)CCc1ccccn1)C(=O)N[C@@H](CC1CCCCC1)[C@@H](O)[C@@H](O)C1CC1. The van der Waals surface area contributed by atoms with Crippen LogP contribution in [0.1, 0.15) is 116 Å². The van der Waals surface area contributed by atoms with Crippen LogP contribution in [0, 0.1) is 17.8 Å². The van der Waals surface area contributed by atoms with Crippen molar-refractivity contribution in [2.24, 2.45) is 17.8 Å². The number of nitrogens with one attached hydrogen (secondary N) is 2. The summed E-state index contributed by atoms with van der Waals surface area (Å²) in [4.78, 5) is 32.7. The van der Waals surface area contributed by atoms with Crippen molar-refractivity contribution in [1.29, 1.82) is 0 Å². The minimum Gasteiger partial charge on any atom is -0.390 e. The predicted molar refractivity (Wildman–Crippen MR) is 198 cm³/mol. The van der Waals surface area contributed by atoms with Crippen LogP contribution in [0.4, 0.5) is 0 Å². The normalized spacial score (nSPS) is 19.5. The number of rotatable bonds is 20. The highest BCUT2D eigenvalue weighted by Crippen LogP contribution is 2.36. The van der Waals surface area contributed by atoms with Crippen LogP contribution in [-0.4, -0.2) is 69.7 Å². The number of carbonyl (C=O) groups is 2. The molecule has 278 valence electrons. The Morgan fingerprint density at radius 3 is 2.24 bits per heavy atom. The number of unbranched alkanes of at least 4 members (excludes halogenated alkanes) is 1. The fourth-order valence-electron chi connectivity index (χ4n) is 7.44. The highest BCUT2D eigenvalue weighted by atomic mass is 32.2. The largest absolute Gasteiger partial charge is 0.390 e. The topological polar surface area (TPSA) is 146 Å². The Morgan fingerprint density at radius 2 is 1.62 bits per heavy atom. The number of sulfone groups is 1. The Labute approximate surface area is 300 Å². The summed E-state index contributed by atoms with van der Waals surface area (Å²) in [6.45, 7) is 7.05. The molecule has 2 amide bonds. The van der Waals surface area contributed by atoms with Crippen LogP contribution < -0.4 is 10.6 Å². The number of benzene rings is 1. The van der Waals surface area contributed by atoms with Crippen LogP contribution in [0.5, 0.6) is 0 Å². The van der Waals surface area contributed by atoms with Crippen molar-refractivity contribution in [3.8, 4) is 0 Å². The standard InChI is InChI=1S/C40H61N3O6S/c1-5-6-20-34(39(47)43-35(27-30-17-11-8-12-18-30)37(45)36(44)31-21-22-31)42-38(46)33(26-29-15-9-7-10-16-29)28(2)50(48,49)40(3,4)24-23-32-19-13-14-25-41-32/h7,9-10,13-16,19,25,28,30-31,33-37,44-45H,5-6,8,11-12,17-18,20-24,26-27H2,1-4H3,(H,42,46)(H,43,47)/t28-,33?,34-,35-,36-,37+/m0/s1. The number of aryl methyl sites for hydroxylation is 1. The van der Waals surface area contributed by atoms with Crippen LogP contribution >= 0.6 is 0 Å². The first-order valence-electron chi connectivity index (χ1n) is 19.0. The van der Waals surface area contributed by atoms with Crippen LogP contribution in [-0.2, 0) is 32.3 Å². The molecule has 0 bridgehead atoms. The van der Waals surface area contributed by atoms with Gasteiger partial charge in [-0.25, -0.2) is 8.42 Å². The first-order valence-corrected chi connectivity index (χ1v) is 20.5. The number of amides is 2. The summed E-state index contributed by atoms with van der Waals surface area (Å²) in [5.74, 6) is -1.44. The lowest BCUT2D eigenvalue weighted by molar-refractivity contribution is -0.132. The van der Waals surface area contributed by atoms with E-state index in [1.54, 1.807) is 27.0 Å². The van der Waals surface area contributed by atoms with Crippen LogP contribution in [0.3, 0.4) is 0 Å². The quantitative estimate of drug-likeness (QED) is 0.138. The van der Waals surface area contributed by atoms with Gasteiger partial charge in [-0.3, -0.25) is 14.6 Å². The van der Waals surface area contributed by atoms with Crippen LogP contribution in [0.15, 0.2) is 54.7 Å². The lowest BCUT2D eigenvalue weighted by atomic mass is 9.82. The van der Waals surface area contributed by atoms with Gasteiger partial charge in [0.1, 0.15) is 12.1 Å². The van der Waals surface area contributed by atoms with E-state index in [1.165, 1.54) is 6.42 Å². The molecule has 9 nitrogen and oxygen atoms in total. The number of carbonyl (C=O) groups excluding carboxylic acids is 2. The number of nitrogens with zero attached hydrogens (tertiary/aromatic N) is 1. The summed E-state index contributed by atoms with van der Waals surface area (Å²) in [7, 11) is -3.85. The Balaban J connectivity index is 1.55. The molecule has 1 aromatic heterocycles. The fourth-order valence-corrected chi connectivity index (χ4v) is 9.48. The molecule has 2 saturated carbocycles. The summed E-state index contributed by atoms with van der Waals surface area (Å²) in [5, 5.41) is 27.2. The molecule has 0 saturated heterocycles. The summed E-state index contributed by atoms with van der Waals surface area (Å²) in [6, 6.07) is 13.4. The molecule has 50 heavy (non-hydrogen) atoms. The lowest BCUT2D eigenvalue weighted by Crippen LogP contribution is -2.57. The molecule has 1 aromatic carbocycles. The van der Waals surface area contributed by atoms with Gasteiger partial charge in [0.05, 0.1) is 28.1 Å². The number of aliphatic hydroxyl groups excluding tert-OH is 2. The zero-order valence-corrected chi connectivity index (χ0v) is 31.4. The minimum absolute atomic E-state index is 0.0433. The Kier molecular flexibility index (Phi) is 14.9. The molecule has 6 atom stereocenters. The molecule has 0 radical (unpaired) electrons. The predicted octanol–water partition coefficient (Wildman–Crippen LogP) is 5.72. The van der Waals surface area contributed by atoms with E-state index in [0.717, 1.165) is 56.2 Å². The average Bonchev–Trinajstić information content (AvgIpc) is 3.97. The summed E-state index contributed by atoms with van der Waals surface area (Å²) in [6.07, 6.45) is 10.3. The zero-order chi connectivity index (χ0) is 36.3. The molecule has 2 fully saturated rings. The van der Waals surface area contributed by atoms with Crippen molar-refractivity contribution in [2.45, 2.75) is 152 Å². The molecule has 2 aromatic rings. The van der Waals surface area contributed by atoms with Crippen molar-refractivity contribution in [3.63, 3.8) is 0 Å². The first-order chi connectivity index (χ1) is 23.8. The van der Waals surface area contributed by atoms with E-state index in [4.69, 9.17) is 0 Å². The van der Waals surface area contributed by atoms with Gasteiger partial charge in [0, 0.05) is 11.9 Å². The van der Waals surface area contributed by atoms with E-state index < -0.39 is 61.9 Å². The van der Waals surface area contributed by atoms with E-state index in [1.807, 2.05) is 55.5 Å². The second kappa shape index (κ2) is 18.6. The number of hydrogen-bond donors (Lipinski definition) is 4. The average molecular weight is 712 g/mol. The third kappa shape index (κ3) is 11.1. The molecule has 1 unspecified atom stereocenters. The maximum atomic E-state index is 14.3. The molecule has 0 spiro atoms. The highest BCUT2D eigenvalue weighted by molar-refractivity contribution is 7.93. The molecule has 0 aliphatic heterocycles. The number of aromatic nitrogens is 1. The Hall–Kier alpha value is -2.82. The van der Waals surface area contributed by atoms with Crippen molar-refractivity contribution < 1.29 is 28.2 Å².